The predicted octanol–water partition coefficient (Wildman–Crippen LogP) is 3.20. The summed E-state index contributed by atoms with van der Waals surface area (Å²) in [6.45, 7) is 5.42. The first-order valence-corrected chi connectivity index (χ1v) is 7.23. The van der Waals surface area contributed by atoms with Crippen LogP contribution >= 0.6 is 0 Å². The van der Waals surface area contributed by atoms with E-state index in [1.165, 1.54) is 11.1 Å². The topological polar surface area (TPSA) is 29.3 Å². The van der Waals surface area contributed by atoms with Crippen LogP contribution < -0.4 is 5.73 Å². The van der Waals surface area contributed by atoms with Crippen molar-refractivity contribution in [3.8, 4) is 0 Å². The Morgan fingerprint density at radius 1 is 0.950 bits per heavy atom. The first kappa shape index (κ1) is 13.3. The van der Waals surface area contributed by atoms with Crippen LogP contribution in [0.1, 0.15) is 31.0 Å². The van der Waals surface area contributed by atoms with Crippen molar-refractivity contribution in [1.82, 2.24) is 4.90 Å². The van der Waals surface area contributed by atoms with Crippen molar-refractivity contribution >= 4 is 0 Å². The lowest BCUT2D eigenvalue weighted by Gasteiger charge is -2.57. The van der Waals surface area contributed by atoms with Gasteiger partial charge in [-0.1, -0.05) is 60.7 Å². The number of nitrogens with zero attached hydrogens (tertiary/aromatic N) is 1. The van der Waals surface area contributed by atoms with Crippen LogP contribution in [-0.4, -0.2) is 23.0 Å². The SMILES string of the molecule is CC1(C)[C@H](N)CN1C(c1ccccc1)c1ccccc1. The maximum atomic E-state index is 6.20. The molecule has 1 aliphatic heterocycles. The Balaban J connectivity index is 2.02. The average molecular weight is 266 g/mol. The van der Waals surface area contributed by atoms with Crippen molar-refractivity contribution in [2.45, 2.75) is 31.5 Å². The number of likely N-dealkylation sites (tertiary alicyclic amines) is 1. The van der Waals surface area contributed by atoms with E-state index in [0.717, 1.165) is 6.54 Å². The highest BCUT2D eigenvalue weighted by Gasteiger charge is 2.47. The molecule has 3 rings (SSSR count). The number of rotatable bonds is 3. The lowest BCUT2D eigenvalue weighted by Crippen LogP contribution is -2.71. The molecule has 0 unspecified atom stereocenters. The van der Waals surface area contributed by atoms with Gasteiger partial charge in [0.05, 0.1) is 6.04 Å². The molecule has 1 aliphatic rings. The smallest absolute Gasteiger partial charge is 0.0607 e. The summed E-state index contributed by atoms with van der Waals surface area (Å²) in [5.74, 6) is 0. The van der Waals surface area contributed by atoms with Crippen LogP contribution in [0.25, 0.3) is 0 Å². The third-order valence-electron chi connectivity index (χ3n) is 4.58. The molecule has 0 aromatic heterocycles. The molecular weight excluding hydrogens is 244 g/mol. The number of nitrogens with two attached hydrogens (primary N) is 1. The normalized spacial score (nSPS) is 21.7. The molecule has 2 aromatic carbocycles. The molecule has 2 N–H and O–H groups in total. The third-order valence-corrected chi connectivity index (χ3v) is 4.58. The zero-order valence-electron chi connectivity index (χ0n) is 12.2. The molecule has 0 radical (unpaired) electrons. The zero-order valence-corrected chi connectivity index (χ0v) is 12.2. The Morgan fingerprint density at radius 2 is 1.40 bits per heavy atom. The van der Waals surface area contributed by atoms with Crippen LogP contribution in [0.15, 0.2) is 60.7 Å². The molecule has 1 fully saturated rings. The zero-order chi connectivity index (χ0) is 14.2. The van der Waals surface area contributed by atoms with Crippen LogP contribution in [-0.2, 0) is 0 Å². The van der Waals surface area contributed by atoms with E-state index in [2.05, 4.69) is 79.4 Å². The van der Waals surface area contributed by atoms with E-state index in [0.29, 0.717) is 0 Å². The number of hydrogen-bond acceptors (Lipinski definition) is 2. The van der Waals surface area contributed by atoms with Crippen molar-refractivity contribution in [2.75, 3.05) is 6.54 Å². The van der Waals surface area contributed by atoms with Gasteiger partial charge in [-0.3, -0.25) is 4.90 Å². The maximum absolute atomic E-state index is 6.20. The van der Waals surface area contributed by atoms with E-state index in [1.807, 2.05) is 0 Å². The Kier molecular flexibility index (Phi) is 3.36. The summed E-state index contributed by atoms with van der Waals surface area (Å²) in [4.78, 5) is 2.50. The molecule has 0 saturated carbocycles. The first-order valence-electron chi connectivity index (χ1n) is 7.23. The van der Waals surface area contributed by atoms with Crippen LogP contribution in [0.3, 0.4) is 0 Å². The summed E-state index contributed by atoms with van der Waals surface area (Å²) in [6, 6.07) is 21.9. The molecule has 1 heterocycles. The van der Waals surface area contributed by atoms with Gasteiger partial charge in [-0.2, -0.15) is 0 Å². The van der Waals surface area contributed by atoms with Crippen LogP contribution in [0.4, 0.5) is 0 Å². The van der Waals surface area contributed by atoms with E-state index in [9.17, 15) is 0 Å². The molecule has 0 bridgehead atoms. The Hall–Kier alpha value is -1.64. The van der Waals surface area contributed by atoms with E-state index >= 15 is 0 Å². The summed E-state index contributed by atoms with van der Waals surface area (Å²) in [6.07, 6.45) is 0. The highest BCUT2D eigenvalue weighted by Crippen LogP contribution is 2.40. The minimum absolute atomic E-state index is 0.0380. The fourth-order valence-corrected chi connectivity index (χ4v) is 3.03. The molecule has 0 amide bonds. The molecule has 1 saturated heterocycles. The summed E-state index contributed by atoms with van der Waals surface area (Å²) in [5, 5.41) is 0. The van der Waals surface area contributed by atoms with Gasteiger partial charge in [0.15, 0.2) is 0 Å². The second-order valence-corrected chi connectivity index (χ2v) is 6.14. The fourth-order valence-electron chi connectivity index (χ4n) is 3.03. The van der Waals surface area contributed by atoms with Crippen molar-refractivity contribution in [3.63, 3.8) is 0 Å². The van der Waals surface area contributed by atoms with Gasteiger partial charge in [0.2, 0.25) is 0 Å². The van der Waals surface area contributed by atoms with Gasteiger partial charge in [-0.25, -0.2) is 0 Å². The van der Waals surface area contributed by atoms with Crippen molar-refractivity contribution < 1.29 is 0 Å². The number of hydrogen-bond donors (Lipinski definition) is 1. The number of benzene rings is 2. The third kappa shape index (κ3) is 2.15. The molecule has 0 spiro atoms. The highest BCUT2D eigenvalue weighted by atomic mass is 15.3. The Morgan fingerprint density at radius 3 is 1.75 bits per heavy atom. The van der Waals surface area contributed by atoms with Gasteiger partial charge in [0.1, 0.15) is 0 Å². The van der Waals surface area contributed by atoms with E-state index in [-0.39, 0.29) is 17.6 Å². The second kappa shape index (κ2) is 5.04. The van der Waals surface area contributed by atoms with E-state index in [1.54, 1.807) is 0 Å². The Labute approximate surface area is 121 Å². The van der Waals surface area contributed by atoms with Gasteiger partial charge in [-0.15, -0.1) is 0 Å². The molecule has 2 nitrogen and oxygen atoms in total. The van der Waals surface area contributed by atoms with Gasteiger partial charge < -0.3 is 5.73 Å². The van der Waals surface area contributed by atoms with Gasteiger partial charge in [0, 0.05) is 18.1 Å². The van der Waals surface area contributed by atoms with Crippen molar-refractivity contribution in [1.29, 1.82) is 0 Å². The van der Waals surface area contributed by atoms with Gasteiger partial charge in [0.25, 0.3) is 0 Å². The van der Waals surface area contributed by atoms with Crippen LogP contribution in [0.5, 0.6) is 0 Å². The predicted molar refractivity (Wildman–Crippen MR) is 83.5 cm³/mol. The summed E-state index contributed by atoms with van der Waals surface area (Å²) < 4.78 is 0. The highest BCUT2D eigenvalue weighted by molar-refractivity contribution is 5.33. The second-order valence-electron chi connectivity index (χ2n) is 6.14. The quantitative estimate of drug-likeness (QED) is 0.924. The van der Waals surface area contributed by atoms with E-state index in [4.69, 9.17) is 5.73 Å². The molecule has 0 aliphatic carbocycles. The lowest BCUT2D eigenvalue weighted by molar-refractivity contribution is -0.0355. The van der Waals surface area contributed by atoms with Crippen LogP contribution in [0, 0.1) is 0 Å². The summed E-state index contributed by atoms with van der Waals surface area (Å²) in [5.41, 5.74) is 8.90. The van der Waals surface area contributed by atoms with E-state index < -0.39 is 0 Å². The maximum Gasteiger partial charge on any atom is 0.0607 e. The minimum atomic E-state index is 0.0380. The standard InChI is InChI=1S/C18H22N2/c1-18(2)16(19)13-20(18)17(14-9-5-3-6-10-14)15-11-7-4-8-12-15/h3-12,16-17H,13,19H2,1-2H3/t16-/m1/s1. The van der Waals surface area contributed by atoms with Gasteiger partial charge in [-0.05, 0) is 25.0 Å². The van der Waals surface area contributed by atoms with Crippen molar-refractivity contribution in [3.05, 3.63) is 71.8 Å². The van der Waals surface area contributed by atoms with Crippen molar-refractivity contribution in [2.24, 2.45) is 5.73 Å². The molecular formula is C18H22N2. The molecule has 2 aromatic rings. The largest absolute Gasteiger partial charge is 0.325 e. The summed E-state index contributed by atoms with van der Waals surface area (Å²) in [7, 11) is 0. The first-order chi connectivity index (χ1) is 9.60. The molecule has 20 heavy (non-hydrogen) atoms. The molecule has 1 atom stereocenters. The average Bonchev–Trinajstić information content (AvgIpc) is 2.49. The lowest BCUT2D eigenvalue weighted by atomic mass is 9.79. The Bertz CT molecular complexity index is 523. The molecule has 104 valence electrons. The van der Waals surface area contributed by atoms with Gasteiger partial charge >= 0.3 is 0 Å². The minimum Gasteiger partial charge on any atom is -0.325 e. The monoisotopic (exact) mass is 266 g/mol. The fraction of sp³-hybridized carbons (Fsp3) is 0.333. The van der Waals surface area contributed by atoms with Crippen LogP contribution in [0.2, 0.25) is 0 Å². The molecule has 2 heteroatoms. The summed E-state index contributed by atoms with van der Waals surface area (Å²) >= 11 is 0.